The van der Waals surface area contributed by atoms with Gasteiger partial charge in [-0.3, -0.25) is 0 Å². The largest absolute Gasteiger partial charge is 0.347 e. The van der Waals surface area contributed by atoms with Crippen molar-refractivity contribution in [3.05, 3.63) is 39.6 Å². The number of hydrogen-bond acceptors (Lipinski definition) is 3. The molecule has 0 saturated heterocycles. The summed E-state index contributed by atoms with van der Waals surface area (Å²) >= 11 is 1.80. The summed E-state index contributed by atoms with van der Waals surface area (Å²) in [5, 5.41) is 4.70. The van der Waals surface area contributed by atoms with Crippen LogP contribution in [0, 0.1) is 13.8 Å². The minimum Gasteiger partial charge on any atom is -0.347 e. The highest BCUT2D eigenvalue weighted by molar-refractivity contribution is 7.11. The second-order valence-electron chi connectivity index (χ2n) is 4.88. The maximum atomic E-state index is 4.60. The van der Waals surface area contributed by atoms with E-state index in [1.54, 1.807) is 11.3 Å². The number of aromatic nitrogens is 2. The van der Waals surface area contributed by atoms with Crippen LogP contribution in [0.1, 0.15) is 47.5 Å². The Kier molecular flexibility index (Phi) is 4.77. The number of nitrogens with zero attached hydrogens (tertiary/aromatic N) is 2. The Balaban J connectivity index is 2.08. The molecule has 4 heteroatoms. The minimum atomic E-state index is 0.464. The predicted molar refractivity (Wildman–Crippen MR) is 81.8 cm³/mol. The summed E-state index contributed by atoms with van der Waals surface area (Å²) in [6.07, 6.45) is 5.51. The van der Waals surface area contributed by atoms with E-state index in [0.717, 1.165) is 25.2 Å². The summed E-state index contributed by atoms with van der Waals surface area (Å²) in [5.41, 5.74) is 2.53. The van der Waals surface area contributed by atoms with Crippen molar-refractivity contribution in [2.75, 3.05) is 6.54 Å². The molecule has 0 amide bonds. The van der Waals surface area contributed by atoms with Gasteiger partial charge >= 0.3 is 0 Å². The third-order valence-corrected chi connectivity index (χ3v) is 4.48. The Morgan fingerprint density at radius 2 is 2.16 bits per heavy atom. The highest BCUT2D eigenvalue weighted by Crippen LogP contribution is 2.20. The quantitative estimate of drug-likeness (QED) is 0.873. The molecule has 1 unspecified atom stereocenters. The molecule has 0 saturated carbocycles. The number of thiazole rings is 1. The lowest BCUT2D eigenvalue weighted by Gasteiger charge is -2.13. The van der Waals surface area contributed by atoms with Gasteiger partial charge in [0.15, 0.2) is 0 Å². The Labute approximate surface area is 119 Å². The van der Waals surface area contributed by atoms with Crippen LogP contribution >= 0.6 is 11.3 Å². The fraction of sp³-hybridized carbons (Fsp3) is 0.533. The van der Waals surface area contributed by atoms with E-state index in [-0.39, 0.29) is 0 Å². The molecule has 0 spiro atoms. The van der Waals surface area contributed by atoms with Gasteiger partial charge in [-0.05, 0) is 38.4 Å². The molecule has 2 heterocycles. The van der Waals surface area contributed by atoms with E-state index < -0.39 is 0 Å². The van der Waals surface area contributed by atoms with Crippen LogP contribution in [0.5, 0.6) is 0 Å². The molecule has 2 rings (SSSR count). The van der Waals surface area contributed by atoms with Gasteiger partial charge in [-0.2, -0.15) is 0 Å². The second-order valence-corrected chi connectivity index (χ2v) is 6.17. The van der Waals surface area contributed by atoms with Crippen molar-refractivity contribution in [3.63, 3.8) is 0 Å². The third kappa shape index (κ3) is 3.45. The van der Waals surface area contributed by atoms with Gasteiger partial charge in [-0.25, -0.2) is 4.98 Å². The fourth-order valence-electron chi connectivity index (χ4n) is 2.27. The average Bonchev–Trinajstić information content (AvgIpc) is 2.95. The Morgan fingerprint density at radius 1 is 1.37 bits per heavy atom. The smallest absolute Gasteiger partial charge is 0.113 e. The molecule has 19 heavy (non-hydrogen) atoms. The van der Waals surface area contributed by atoms with Crippen LogP contribution in [-0.2, 0) is 6.54 Å². The van der Waals surface area contributed by atoms with Crippen molar-refractivity contribution in [3.8, 4) is 0 Å². The fourth-order valence-corrected chi connectivity index (χ4v) is 3.21. The monoisotopic (exact) mass is 277 g/mol. The van der Waals surface area contributed by atoms with Crippen LogP contribution in [0.25, 0.3) is 0 Å². The van der Waals surface area contributed by atoms with Crippen LogP contribution < -0.4 is 5.32 Å². The standard InChI is InChI=1S/C15H23N3S/c1-5-14(16-6-2)13-7-8-18(9-13)10-15-17-11(3)12(4)19-15/h7-9,14,16H,5-6,10H2,1-4H3. The summed E-state index contributed by atoms with van der Waals surface area (Å²) in [6.45, 7) is 10.5. The molecule has 2 aromatic rings. The summed E-state index contributed by atoms with van der Waals surface area (Å²) in [4.78, 5) is 5.92. The summed E-state index contributed by atoms with van der Waals surface area (Å²) < 4.78 is 2.23. The van der Waals surface area contributed by atoms with E-state index >= 15 is 0 Å². The van der Waals surface area contributed by atoms with Crippen LogP contribution in [0.4, 0.5) is 0 Å². The lowest BCUT2D eigenvalue weighted by atomic mass is 10.1. The zero-order valence-corrected chi connectivity index (χ0v) is 13.0. The first-order chi connectivity index (χ1) is 9.13. The van der Waals surface area contributed by atoms with Crippen LogP contribution in [0.3, 0.4) is 0 Å². The highest BCUT2D eigenvalue weighted by atomic mass is 32.1. The lowest BCUT2D eigenvalue weighted by molar-refractivity contribution is 0.536. The molecular formula is C15H23N3S. The summed E-state index contributed by atoms with van der Waals surface area (Å²) in [6, 6.07) is 2.68. The molecule has 0 aliphatic rings. The highest BCUT2D eigenvalue weighted by Gasteiger charge is 2.10. The Bertz CT molecular complexity index is 508. The first-order valence-electron chi connectivity index (χ1n) is 6.96. The van der Waals surface area contributed by atoms with Crippen molar-refractivity contribution in [1.82, 2.24) is 14.9 Å². The molecule has 104 valence electrons. The average molecular weight is 277 g/mol. The molecule has 0 aromatic carbocycles. The second kappa shape index (κ2) is 6.35. The molecule has 0 fully saturated rings. The van der Waals surface area contributed by atoms with Crippen molar-refractivity contribution >= 4 is 11.3 Å². The number of rotatable bonds is 6. The van der Waals surface area contributed by atoms with E-state index in [2.05, 4.69) is 61.0 Å². The first kappa shape index (κ1) is 14.3. The van der Waals surface area contributed by atoms with Gasteiger partial charge in [0.05, 0.1) is 12.2 Å². The molecule has 0 aliphatic carbocycles. The van der Waals surface area contributed by atoms with Crippen molar-refractivity contribution in [2.24, 2.45) is 0 Å². The van der Waals surface area contributed by atoms with Gasteiger partial charge in [-0.15, -0.1) is 11.3 Å². The molecule has 1 N–H and O–H groups in total. The van der Waals surface area contributed by atoms with E-state index in [1.165, 1.54) is 15.4 Å². The first-order valence-corrected chi connectivity index (χ1v) is 7.77. The Morgan fingerprint density at radius 3 is 2.74 bits per heavy atom. The molecule has 3 nitrogen and oxygen atoms in total. The maximum absolute atomic E-state index is 4.60. The van der Waals surface area contributed by atoms with E-state index in [0.29, 0.717) is 6.04 Å². The van der Waals surface area contributed by atoms with E-state index in [9.17, 15) is 0 Å². The van der Waals surface area contributed by atoms with E-state index in [1.807, 2.05) is 0 Å². The summed E-state index contributed by atoms with van der Waals surface area (Å²) in [5.74, 6) is 0. The van der Waals surface area contributed by atoms with Gasteiger partial charge in [0, 0.05) is 23.3 Å². The maximum Gasteiger partial charge on any atom is 0.113 e. The third-order valence-electron chi connectivity index (χ3n) is 3.43. The topological polar surface area (TPSA) is 29.9 Å². The van der Waals surface area contributed by atoms with Crippen LogP contribution in [0.2, 0.25) is 0 Å². The van der Waals surface area contributed by atoms with Crippen molar-refractivity contribution in [1.29, 1.82) is 0 Å². The van der Waals surface area contributed by atoms with Crippen molar-refractivity contribution in [2.45, 2.75) is 46.7 Å². The molecule has 0 bridgehead atoms. The zero-order valence-electron chi connectivity index (χ0n) is 12.2. The molecule has 2 aromatic heterocycles. The van der Waals surface area contributed by atoms with E-state index in [4.69, 9.17) is 0 Å². The number of hydrogen-bond donors (Lipinski definition) is 1. The summed E-state index contributed by atoms with van der Waals surface area (Å²) in [7, 11) is 0. The lowest BCUT2D eigenvalue weighted by Crippen LogP contribution is -2.19. The SMILES string of the molecule is CCNC(CC)c1ccn(Cc2nc(C)c(C)s2)c1. The molecule has 1 atom stereocenters. The Hall–Kier alpha value is -1.13. The molecule has 0 radical (unpaired) electrons. The number of aryl methyl sites for hydroxylation is 2. The normalized spacial score (nSPS) is 12.8. The number of nitrogens with one attached hydrogen (secondary N) is 1. The van der Waals surface area contributed by atoms with Crippen LogP contribution in [-0.4, -0.2) is 16.1 Å². The van der Waals surface area contributed by atoms with Gasteiger partial charge < -0.3 is 9.88 Å². The zero-order chi connectivity index (χ0) is 13.8. The van der Waals surface area contributed by atoms with Crippen LogP contribution in [0.15, 0.2) is 18.5 Å². The molecular weight excluding hydrogens is 254 g/mol. The van der Waals surface area contributed by atoms with Gasteiger partial charge in [0.2, 0.25) is 0 Å². The predicted octanol–water partition coefficient (Wildman–Crippen LogP) is 3.67. The molecule has 0 aliphatic heterocycles. The minimum absolute atomic E-state index is 0.464. The van der Waals surface area contributed by atoms with Gasteiger partial charge in [0.25, 0.3) is 0 Å². The van der Waals surface area contributed by atoms with Gasteiger partial charge in [-0.1, -0.05) is 13.8 Å². The van der Waals surface area contributed by atoms with Crippen molar-refractivity contribution < 1.29 is 0 Å². The van der Waals surface area contributed by atoms with Gasteiger partial charge in [0.1, 0.15) is 5.01 Å².